The summed E-state index contributed by atoms with van der Waals surface area (Å²) >= 11 is 1.21. The number of aliphatic carboxylic acids is 1. The van der Waals surface area contributed by atoms with Crippen LogP contribution in [-0.2, 0) is 9.59 Å². The predicted molar refractivity (Wildman–Crippen MR) is 103 cm³/mol. The molecule has 27 heavy (non-hydrogen) atoms. The number of thioether (sulfide) groups is 1. The van der Waals surface area contributed by atoms with Gasteiger partial charge in [0, 0.05) is 0 Å². The zero-order valence-electron chi connectivity index (χ0n) is 14.1. The van der Waals surface area contributed by atoms with Crippen LogP contribution in [0.1, 0.15) is 12.0 Å². The van der Waals surface area contributed by atoms with E-state index in [-0.39, 0.29) is 24.7 Å². The zero-order chi connectivity index (χ0) is 19.2. The molecule has 7 nitrogen and oxygen atoms in total. The standard InChI is InChI=1S/C19H16N2O5S/c22-14-6-4-13(5-7-14)20-19-21-18(25)16(27-19)11-12-2-1-3-15(10-12)26-9-8-17(23)24/h1-7,10-11,22H,8-9H2,(H,23,24)(H,20,21,25)/b16-11-. The van der Waals surface area contributed by atoms with Crippen molar-refractivity contribution in [3.05, 3.63) is 59.0 Å². The minimum Gasteiger partial charge on any atom is -0.508 e. The average Bonchev–Trinajstić information content (AvgIpc) is 2.96. The van der Waals surface area contributed by atoms with E-state index in [0.29, 0.717) is 21.5 Å². The number of carboxylic acids is 1. The van der Waals surface area contributed by atoms with Crippen molar-refractivity contribution in [3.8, 4) is 11.5 Å². The number of carboxylic acid groups (broad SMARTS) is 1. The van der Waals surface area contributed by atoms with Crippen molar-refractivity contribution in [1.29, 1.82) is 0 Å². The van der Waals surface area contributed by atoms with Crippen molar-refractivity contribution in [3.63, 3.8) is 0 Å². The highest BCUT2D eigenvalue weighted by molar-refractivity contribution is 8.18. The smallest absolute Gasteiger partial charge is 0.306 e. The van der Waals surface area contributed by atoms with Crippen LogP contribution in [0.3, 0.4) is 0 Å². The van der Waals surface area contributed by atoms with Gasteiger partial charge in [-0.15, -0.1) is 0 Å². The Morgan fingerprint density at radius 3 is 2.74 bits per heavy atom. The molecule has 1 fully saturated rings. The SMILES string of the molecule is O=C(O)CCOc1cccc(/C=C2\SC(=Nc3ccc(O)cc3)NC2=O)c1. The number of nitrogens with zero attached hydrogens (tertiary/aromatic N) is 1. The van der Waals surface area contributed by atoms with E-state index < -0.39 is 5.97 Å². The summed E-state index contributed by atoms with van der Waals surface area (Å²) in [5.74, 6) is -0.498. The second-order valence-electron chi connectivity index (χ2n) is 5.56. The molecule has 0 radical (unpaired) electrons. The topological polar surface area (TPSA) is 108 Å². The fourth-order valence-electron chi connectivity index (χ4n) is 2.23. The second-order valence-corrected chi connectivity index (χ2v) is 6.59. The first kappa shape index (κ1) is 18.5. The molecule has 2 aromatic carbocycles. The van der Waals surface area contributed by atoms with Crippen molar-refractivity contribution >= 4 is 40.6 Å². The van der Waals surface area contributed by atoms with Crippen molar-refractivity contribution in [2.24, 2.45) is 4.99 Å². The van der Waals surface area contributed by atoms with Crippen molar-refractivity contribution in [2.75, 3.05) is 6.61 Å². The number of nitrogens with one attached hydrogen (secondary N) is 1. The highest BCUT2D eigenvalue weighted by atomic mass is 32.2. The van der Waals surface area contributed by atoms with E-state index in [9.17, 15) is 14.7 Å². The number of carbonyl (C=O) groups excluding carboxylic acids is 1. The quantitative estimate of drug-likeness (QED) is 0.661. The number of phenolic OH excluding ortho intramolecular Hbond substituents is 1. The van der Waals surface area contributed by atoms with Crippen LogP contribution < -0.4 is 10.1 Å². The highest BCUT2D eigenvalue weighted by Crippen LogP contribution is 2.29. The largest absolute Gasteiger partial charge is 0.508 e. The maximum Gasteiger partial charge on any atom is 0.306 e. The lowest BCUT2D eigenvalue weighted by atomic mass is 10.2. The number of hydrogen-bond acceptors (Lipinski definition) is 6. The molecule has 138 valence electrons. The molecule has 0 atom stereocenters. The molecule has 3 rings (SSSR count). The molecule has 1 aliphatic rings. The highest BCUT2D eigenvalue weighted by Gasteiger charge is 2.23. The third-order valence-electron chi connectivity index (χ3n) is 3.47. The molecular formula is C19H16N2O5S. The number of phenols is 1. The Morgan fingerprint density at radius 1 is 1.22 bits per heavy atom. The van der Waals surface area contributed by atoms with Gasteiger partial charge in [0.25, 0.3) is 5.91 Å². The van der Waals surface area contributed by atoms with Gasteiger partial charge in [0.2, 0.25) is 0 Å². The van der Waals surface area contributed by atoms with Crippen LogP contribution in [0.25, 0.3) is 6.08 Å². The molecule has 0 spiro atoms. The van der Waals surface area contributed by atoms with Crippen LogP contribution >= 0.6 is 11.8 Å². The first-order valence-corrected chi connectivity index (χ1v) is 8.84. The van der Waals surface area contributed by atoms with E-state index >= 15 is 0 Å². The Hall–Kier alpha value is -3.26. The molecule has 0 unspecified atom stereocenters. The van der Waals surface area contributed by atoms with Gasteiger partial charge < -0.3 is 20.3 Å². The van der Waals surface area contributed by atoms with Gasteiger partial charge in [-0.2, -0.15) is 0 Å². The third-order valence-corrected chi connectivity index (χ3v) is 4.38. The first-order chi connectivity index (χ1) is 13.0. The summed E-state index contributed by atoms with van der Waals surface area (Å²) < 4.78 is 5.40. The first-order valence-electron chi connectivity index (χ1n) is 8.03. The summed E-state index contributed by atoms with van der Waals surface area (Å²) in [5.41, 5.74) is 1.37. The summed E-state index contributed by atoms with van der Waals surface area (Å²) in [4.78, 5) is 27.5. The number of hydrogen-bond donors (Lipinski definition) is 3. The number of aliphatic imine (C=N–C) groups is 1. The fourth-order valence-corrected chi connectivity index (χ4v) is 3.07. The number of rotatable bonds is 6. The molecule has 2 aromatic rings. The van der Waals surface area contributed by atoms with Gasteiger partial charge in [0.1, 0.15) is 11.5 Å². The van der Waals surface area contributed by atoms with Crippen LogP contribution in [-0.4, -0.2) is 33.9 Å². The van der Waals surface area contributed by atoms with Crippen molar-refractivity contribution < 1.29 is 24.5 Å². The van der Waals surface area contributed by atoms with Gasteiger partial charge in [-0.1, -0.05) is 12.1 Å². The van der Waals surface area contributed by atoms with Gasteiger partial charge in [0.05, 0.1) is 23.6 Å². The maximum absolute atomic E-state index is 12.1. The molecule has 0 aromatic heterocycles. The van der Waals surface area contributed by atoms with Crippen molar-refractivity contribution in [2.45, 2.75) is 6.42 Å². The minimum atomic E-state index is -0.923. The Bertz CT molecular complexity index is 922. The molecule has 1 amide bonds. The summed E-state index contributed by atoms with van der Waals surface area (Å²) in [5, 5.41) is 21.1. The number of amidine groups is 1. The molecule has 3 N–H and O–H groups in total. The number of aromatic hydroxyl groups is 1. The molecule has 0 bridgehead atoms. The monoisotopic (exact) mass is 384 g/mol. The summed E-state index contributed by atoms with van der Waals surface area (Å²) in [6, 6.07) is 13.4. The van der Waals surface area contributed by atoms with Crippen LogP contribution in [0, 0.1) is 0 Å². The van der Waals surface area contributed by atoms with E-state index in [0.717, 1.165) is 5.56 Å². The second kappa shape index (κ2) is 8.41. The zero-order valence-corrected chi connectivity index (χ0v) is 14.9. The third kappa shape index (κ3) is 5.35. The van der Waals surface area contributed by atoms with E-state index in [1.54, 1.807) is 36.4 Å². The van der Waals surface area contributed by atoms with Crippen LogP contribution in [0.2, 0.25) is 0 Å². The Labute approximate surface area is 159 Å². The number of benzene rings is 2. The van der Waals surface area contributed by atoms with Crippen LogP contribution in [0.15, 0.2) is 58.4 Å². The molecule has 1 heterocycles. The Morgan fingerprint density at radius 2 is 2.00 bits per heavy atom. The lowest BCUT2D eigenvalue weighted by molar-refractivity contribution is -0.137. The summed E-state index contributed by atoms with van der Waals surface area (Å²) in [6.45, 7) is 0.0774. The van der Waals surface area contributed by atoms with Crippen molar-refractivity contribution in [1.82, 2.24) is 5.32 Å². The molecular weight excluding hydrogens is 368 g/mol. The van der Waals surface area contributed by atoms with Crippen LogP contribution in [0.5, 0.6) is 11.5 Å². The predicted octanol–water partition coefficient (Wildman–Crippen LogP) is 3.14. The normalized spacial score (nSPS) is 16.5. The summed E-state index contributed by atoms with van der Waals surface area (Å²) in [6.07, 6.45) is 1.63. The van der Waals surface area contributed by atoms with E-state index in [2.05, 4.69) is 10.3 Å². The molecule has 8 heteroatoms. The number of carbonyl (C=O) groups is 2. The van der Waals surface area contributed by atoms with Gasteiger partial charge in [-0.25, -0.2) is 4.99 Å². The number of amides is 1. The average molecular weight is 384 g/mol. The Kier molecular flexibility index (Phi) is 5.77. The lowest BCUT2D eigenvalue weighted by Gasteiger charge is -2.05. The van der Waals surface area contributed by atoms with Crippen LogP contribution in [0.4, 0.5) is 5.69 Å². The van der Waals surface area contributed by atoms with E-state index in [1.165, 1.54) is 23.9 Å². The molecule has 1 saturated heterocycles. The fraction of sp³-hybridized carbons (Fsp3) is 0.105. The van der Waals surface area contributed by atoms with E-state index in [1.807, 2.05) is 6.07 Å². The summed E-state index contributed by atoms with van der Waals surface area (Å²) in [7, 11) is 0. The molecule has 0 saturated carbocycles. The van der Waals surface area contributed by atoms with E-state index in [4.69, 9.17) is 9.84 Å². The van der Waals surface area contributed by atoms with Gasteiger partial charge in [0.15, 0.2) is 5.17 Å². The van der Waals surface area contributed by atoms with Gasteiger partial charge in [-0.3, -0.25) is 9.59 Å². The van der Waals surface area contributed by atoms with Gasteiger partial charge in [-0.05, 0) is 59.8 Å². The molecule has 1 aliphatic heterocycles. The maximum atomic E-state index is 12.1. The van der Waals surface area contributed by atoms with Gasteiger partial charge >= 0.3 is 5.97 Å². The Balaban J connectivity index is 1.70. The molecule has 0 aliphatic carbocycles. The lowest BCUT2D eigenvalue weighted by Crippen LogP contribution is -2.19. The number of ether oxygens (including phenoxy) is 1. The minimum absolute atomic E-state index is 0.0774.